The van der Waals surface area contributed by atoms with Gasteiger partial charge in [-0.25, -0.2) is 0 Å². The van der Waals surface area contributed by atoms with Crippen LogP contribution in [-0.2, 0) is 23.1 Å². The van der Waals surface area contributed by atoms with Crippen LogP contribution in [0.15, 0.2) is 11.3 Å². The summed E-state index contributed by atoms with van der Waals surface area (Å²) < 4.78 is 98.8. The number of nitrogens with one attached hydrogen (secondary N) is 1. The van der Waals surface area contributed by atoms with Crippen LogP contribution in [0.3, 0.4) is 0 Å². The first-order valence-corrected chi connectivity index (χ1v) is 8.27. The Morgan fingerprint density at radius 3 is 1.65 bits per heavy atom. The number of methoxy groups -OCH3 is 1. The van der Waals surface area contributed by atoms with E-state index in [1.165, 1.54) is 20.8 Å². The van der Waals surface area contributed by atoms with E-state index >= 15 is 0 Å². The molecule has 0 saturated carbocycles. The number of carbonyl (C=O) groups excluding carboxylic acids is 1. The van der Waals surface area contributed by atoms with Crippen LogP contribution in [0.1, 0.15) is 20.8 Å². The lowest BCUT2D eigenvalue weighted by molar-refractivity contribution is -0.165. The molecule has 14 heteroatoms. The fourth-order valence-electron chi connectivity index (χ4n) is 1.32. The van der Waals surface area contributed by atoms with E-state index in [0.717, 1.165) is 7.11 Å². The van der Waals surface area contributed by atoms with Gasteiger partial charge in [-0.3, -0.25) is 18.4 Å². The van der Waals surface area contributed by atoms with Crippen LogP contribution in [0.2, 0.25) is 0 Å². The minimum atomic E-state index is -5.58. The van der Waals surface area contributed by atoms with E-state index in [4.69, 9.17) is 0 Å². The Hall–Kier alpha value is -1.46. The van der Waals surface area contributed by atoms with Crippen LogP contribution >= 0.6 is 7.60 Å². The van der Waals surface area contributed by atoms with Gasteiger partial charge in [0.15, 0.2) is 13.2 Å². The summed E-state index contributed by atoms with van der Waals surface area (Å²) in [5.41, 5.74) is -1.06. The van der Waals surface area contributed by atoms with Crippen LogP contribution in [0.25, 0.3) is 0 Å². The van der Waals surface area contributed by atoms with Crippen molar-refractivity contribution in [2.75, 3.05) is 20.3 Å². The van der Waals surface area contributed by atoms with Gasteiger partial charge < -0.3 is 15.2 Å². The van der Waals surface area contributed by atoms with Crippen LogP contribution in [0, 0.1) is 0 Å². The molecule has 7 nitrogen and oxygen atoms in total. The van der Waals surface area contributed by atoms with Crippen LogP contribution in [-0.4, -0.2) is 49.2 Å². The Kier molecular flexibility index (Phi) is 8.01. The first kappa shape index (κ1) is 24.5. The summed E-state index contributed by atoms with van der Waals surface area (Å²) >= 11 is 0. The molecule has 0 aliphatic heterocycles. The van der Waals surface area contributed by atoms with Gasteiger partial charge in [0.1, 0.15) is 0 Å². The van der Waals surface area contributed by atoms with Crippen molar-refractivity contribution in [1.29, 1.82) is 0 Å². The van der Waals surface area contributed by atoms with Crippen molar-refractivity contribution in [1.82, 2.24) is 5.32 Å². The number of hydrogen-bond donors (Lipinski definition) is 2. The molecule has 0 rings (SSSR count). The third-order valence-electron chi connectivity index (χ3n) is 2.17. The number of ether oxygens (including phenoxy) is 1. The van der Waals surface area contributed by atoms with Crippen molar-refractivity contribution in [2.24, 2.45) is 0 Å². The molecule has 0 bridgehead atoms. The largest absolute Gasteiger partial charge is 0.480 e. The van der Waals surface area contributed by atoms with Crippen molar-refractivity contribution < 1.29 is 54.6 Å². The molecule has 1 amide bonds. The molecule has 26 heavy (non-hydrogen) atoms. The fraction of sp³-hybridized carbons (Fsp3) is 0.750. The van der Waals surface area contributed by atoms with Gasteiger partial charge in [0, 0.05) is 5.54 Å². The maximum absolute atomic E-state index is 12.5. The summed E-state index contributed by atoms with van der Waals surface area (Å²) in [6, 6.07) is 0. The highest BCUT2D eigenvalue weighted by Crippen LogP contribution is 2.58. The molecule has 0 heterocycles. The second-order valence-electron chi connectivity index (χ2n) is 5.84. The Morgan fingerprint density at radius 1 is 1.00 bits per heavy atom. The molecule has 0 aliphatic rings. The number of carbonyl (C=O) groups is 1. The summed E-state index contributed by atoms with van der Waals surface area (Å²) in [6.45, 7) is -0.379. The maximum atomic E-state index is 12.5. The maximum Gasteiger partial charge on any atom is 0.412 e. The third kappa shape index (κ3) is 9.30. The van der Waals surface area contributed by atoms with Crippen molar-refractivity contribution in [2.45, 2.75) is 38.7 Å². The molecule has 0 spiro atoms. The monoisotopic (exact) mass is 417 g/mol. The van der Waals surface area contributed by atoms with Gasteiger partial charge in [-0.15, -0.1) is 0 Å². The number of amides is 1. The van der Waals surface area contributed by atoms with E-state index in [2.05, 4.69) is 19.1 Å². The molecule has 0 aromatic rings. The lowest BCUT2D eigenvalue weighted by Crippen LogP contribution is -2.42. The molecule has 0 fully saturated rings. The molecule has 0 aliphatic carbocycles. The van der Waals surface area contributed by atoms with E-state index in [-0.39, 0.29) is 0 Å². The second kappa shape index (κ2) is 8.49. The van der Waals surface area contributed by atoms with E-state index in [0.29, 0.717) is 0 Å². The van der Waals surface area contributed by atoms with Crippen molar-refractivity contribution in [3.63, 3.8) is 0 Å². The Bertz CT molecular complexity index is 558. The molecule has 2 N–H and O–H groups in total. The lowest BCUT2D eigenvalue weighted by atomic mass is 10.1. The molecule has 0 aromatic carbocycles. The second-order valence-corrected chi connectivity index (χ2v) is 7.80. The summed E-state index contributed by atoms with van der Waals surface area (Å²) in [4.78, 5) is 12.2. The van der Waals surface area contributed by atoms with Gasteiger partial charge in [-0.2, -0.15) is 26.3 Å². The number of hydrogen-bond acceptors (Lipinski definition) is 6. The Balaban J connectivity index is 6.02. The van der Waals surface area contributed by atoms with Gasteiger partial charge >= 0.3 is 19.9 Å². The molecule has 0 radical (unpaired) electrons. The predicted octanol–water partition coefficient (Wildman–Crippen LogP) is 3.63. The van der Waals surface area contributed by atoms with E-state index in [1.54, 1.807) is 0 Å². The van der Waals surface area contributed by atoms with E-state index < -0.39 is 55.9 Å². The summed E-state index contributed by atoms with van der Waals surface area (Å²) in [5, 5.41) is 10.2. The summed E-state index contributed by atoms with van der Waals surface area (Å²) in [5.74, 6) is -3.01. The highest BCUT2D eigenvalue weighted by atomic mass is 31.2. The average molecular weight is 417 g/mol. The molecule has 0 saturated heterocycles. The molecule has 0 unspecified atom stereocenters. The van der Waals surface area contributed by atoms with Gasteiger partial charge in [0.05, 0.1) is 7.11 Å². The molecular weight excluding hydrogens is 399 g/mol. The zero-order chi connectivity index (χ0) is 21.0. The number of halogens is 6. The highest BCUT2D eigenvalue weighted by molar-refractivity contribution is 7.60. The van der Waals surface area contributed by atoms with Crippen LogP contribution in [0.5, 0.6) is 0 Å². The van der Waals surface area contributed by atoms with Gasteiger partial charge in [0.2, 0.25) is 5.31 Å². The van der Waals surface area contributed by atoms with Crippen LogP contribution in [0.4, 0.5) is 26.3 Å². The zero-order valence-electron chi connectivity index (χ0n) is 14.1. The predicted molar refractivity (Wildman–Crippen MR) is 76.2 cm³/mol. The summed E-state index contributed by atoms with van der Waals surface area (Å²) in [6.07, 6.45) is -10.2. The fourth-order valence-corrected chi connectivity index (χ4v) is 2.91. The SMILES string of the molecule is CO/C(O)=C(/C(=O)NC(C)(C)C)P(=O)(OCC(F)(F)F)OCC(F)(F)F. The first-order valence-electron chi connectivity index (χ1n) is 6.73. The third-order valence-corrected chi connectivity index (χ3v) is 4.05. The minimum Gasteiger partial charge on any atom is -0.480 e. The lowest BCUT2D eigenvalue weighted by Gasteiger charge is -2.25. The molecular formula is C12H18F6NO6P. The van der Waals surface area contributed by atoms with Crippen molar-refractivity contribution in [3.05, 3.63) is 11.3 Å². The van der Waals surface area contributed by atoms with Gasteiger partial charge in [-0.05, 0) is 20.8 Å². The first-order chi connectivity index (χ1) is 11.4. The zero-order valence-corrected chi connectivity index (χ0v) is 15.0. The normalized spacial score (nSPS) is 14.7. The van der Waals surface area contributed by atoms with Crippen LogP contribution < -0.4 is 5.32 Å². The molecule has 0 aromatic heterocycles. The average Bonchev–Trinajstić information content (AvgIpc) is 2.39. The minimum absolute atomic E-state index is 0.734. The summed E-state index contributed by atoms with van der Waals surface area (Å²) in [7, 11) is -4.85. The molecule has 0 atom stereocenters. The topological polar surface area (TPSA) is 94.1 Å². The van der Waals surface area contributed by atoms with Crippen molar-refractivity contribution >= 4 is 13.5 Å². The van der Waals surface area contributed by atoms with E-state index in [9.17, 15) is 40.8 Å². The standard InChI is InChI=1S/C12H18F6NO6P/c1-10(2,3)19-8(20)7(9(21)23-4)26(22,24-5-11(13,14)15)25-6-12(16,17)18/h21H,5-6H2,1-4H3,(H,19,20)/b9-7-. The molecule has 154 valence electrons. The Morgan fingerprint density at radius 2 is 1.38 bits per heavy atom. The van der Waals surface area contributed by atoms with Gasteiger partial charge in [-0.1, -0.05) is 0 Å². The van der Waals surface area contributed by atoms with E-state index in [1.807, 2.05) is 0 Å². The number of rotatable bonds is 7. The number of alkyl halides is 6. The quantitative estimate of drug-likeness (QED) is 0.284. The Labute approximate surface area is 144 Å². The number of aliphatic hydroxyl groups excluding tert-OH is 1. The van der Waals surface area contributed by atoms with Gasteiger partial charge in [0.25, 0.3) is 11.9 Å². The smallest absolute Gasteiger partial charge is 0.412 e. The number of aliphatic hydroxyl groups is 1. The highest BCUT2D eigenvalue weighted by Gasteiger charge is 2.46. The van der Waals surface area contributed by atoms with Crippen molar-refractivity contribution in [3.8, 4) is 0 Å².